The number of hydrogen-bond acceptors (Lipinski definition) is 8. The number of nitrogens with zero attached hydrogens (tertiary/aromatic N) is 3. The van der Waals surface area contributed by atoms with Gasteiger partial charge in [0.15, 0.2) is 11.6 Å². The minimum atomic E-state index is -1.40. The number of carbonyl (C=O) groups is 3. The summed E-state index contributed by atoms with van der Waals surface area (Å²) in [7, 11) is 2.48. The molecule has 43 heavy (non-hydrogen) atoms. The van der Waals surface area contributed by atoms with Gasteiger partial charge in [-0.25, -0.2) is 28.1 Å². The lowest BCUT2D eigenvalue weighted by Gasteiger charge is -2.37. The van der Waals surface area contributed by atoms with Gasteiger partial charge in [0.2, 0.25) is 0 Å². The Morgan fingerprint density at radius 2 is 1.84 bits per heavy atom. The monoisotopic (exact) mass is 596 g/mol. The third-order valence-electron chi connectivity index (χ3n) is 7.45. The first-order chi connectivity index (χ1) is 20.7. The maximum absolute atomic E-state index is 14.2. The van der Waals surface area contributed by atoms with Gasteiger partial charge in [-0.2, -0.15) is 5.26 Å². The van der Waals surface area contributed by atoms with Crippen molar-refractivity contribution in [2.75, 3.05) is 51.9 Å². The number of amides is 4. The molecule has 4 rings (SSSR count). The third-order valence-corrected chi connectivity index (χ3v) is 7.45. The Labute approximate surface area is 248 Å². The van der Waals surface area contributed by atoms with E-state index in [9.17, 15) is 28.4 Å². The fourth-order valence-electron chi connectivity index (χ4n) is 5.35. The number of anilines is 1. The Balaban J connectivity index is 1.41. The second-order valence-corrected chi connectivity index (χ2v) is 10.3. The lowest BCUT2D eigenvalue weighted by Crippen LogP contribution is -2.56. The molecule has 0 aliphatic carbocycles. The van der Waals surface area contributed by atoms with Crippen LogP contribution in [-0.4, -0.2) is 76.0 Å². The van der Waals surface area contributed by atoms with E-state index < -0.39 is 35.7 Å². The molecule has 11 nitrogen and oxygen atoms in total. The summed E-state index contributed by atoms with van der Waals surface area (Å²) in [4.78, 5) is 42.2. The van der Waals surface area contributed by atoms with E-state index in [4.69, 9.17) is 9.47 Å². The number of aryl methyl sites for hydroxylation is 1. The van der Waals surface area contributed by atoms with Crippen LogP contribution in [-0.2, 0) is 14.3 Å². The molecule has 0 aromatic heterocycles. The van der Waals surface area contributed by atoms with Gasteiger partial charge >= 0.3 is 18.0 Å². The Morgan fingerprint density at radius 3 is 2.49 bits per heavy atom. The minimum absolute atomic E-state index is 0.00378. The van der Waals surface area contributed by atoms with E-state index in [-0.39, 0.29) is 36.0 Å². The summed E-state index contributed by atoms with van der Waals surface area (Å²) in [6.45, 7) is 3.82. The molecule has 228 valence electrons. The topological polar surface area (TPSA) is 136 Å². The summed E-state index contributed by atoms with van der Waals surface area (Å²) in [5.74, 6) is -3.20. The number of rotatable bonds is 9. The summed E-state index contributed by atoms with van der Waals surface area (Å²) < 4.78 is 38.0. The van der Waals surface area contributed by atoms with Crippen molar-refractivity contribution in [1.82, 2.24) is 20.9 Å². The first-order valence-corrected chi connectivity index (χ1v) is 13.8. The van der Waals surface area contributed by atoms with E-state index in [0.29, 0.717) is 12.1 Å². The smallest absolute Gasteiger partial charge is 0.338 e. The van der Waals surface area contributed by atoms with Crippen LogP contribution in [0.2, 0.25) is 0 Å². The van der Waals surface area contributed by atoms with Crippen LogP contribution in [0.4, 0.5) is 24.1 Å². The Bertz CT molecular complexity index is 1450. The molecule has 2 aromatic carbocycles. The molecule has 0 spiro atoms. The third kappa shape index (κ3) is 7.10. The Morgan fingerprint density at radius 1 is 1.09 bits per heavy atom. The molecule has 1 atom stereocenters. The average Bonchev–Trinajstić information content (AvgIpc) is 3.00. The lowest BCUT2D eigenvalue weighted by atomic mass is 9.93. The molecule has 2 heterocycles. The van der Waals surface area contributed by atoms with Gasteiger partial charge < -0.3 is 30.3 Å². The number of methoxy groups -OCH3 is 2. The van der Waals surface area contributed by atoms with Crippen molar-refractivity contribution in [3.63, 3.8) is 0 Å². The Hall–Kier alpha value is -4.54. The van der Waals surface area contributed by atoms with Crippen molar-refractivity contribution in [1.29, 1.82) is 5.26 Å². The molecule has 13 heteroatoms. The van der Waals surface area contributed by atoms with Crippen molar-refractivity contribution >= 4 is 23.7 Å². The summed E-state index contributed by atoms with van der Waals surface area (Å²) >= 11 is 0. The normalized spacial score (nSPS) is 17.4. The van der Waals surface area contributed by atoms with Crippen LogP contribution in [0.1, 0.15) is 35.6 Å². The van der Waals surface area contributed by atoms with Gasteiger partial charge in [-0.1, -0.05) is 12.1 Å². The van der Waals surface area contributed by atoms with Gasteiger partial charge in [-0.3, -0.25) is 0 Å². The van der Waals surface area contributed by atoms with Crippen LogP contribution in [0.15, 0.2) is 47.7 Å². The van der Waals surface area contributed by atoms with E-state index in [0.717, 1.165) is 61.3 Å². The van der Waals surface area contributed by atoms with E-state index >= 15 is 0 Å². The number of benzene rings is 2. The molecule has 2 aromatic rings. The molecule has 0 saturated carbocycles. The van der Waals surface area contributed by atoms with Gasteiger partial charge in [0.05, 0.1) is 36.2 Å². The molecule has 0 radical (unpaired) electrons. The molecule has 4 amide bonds. The first-order valence-electron chi connectivity index (χ1n) is 13.8. The predicted octanol–water partition coefficient (Wildman–Crippen LogP) is 3.25. The molecular formula is C30H34F2N6O5. The second kappa shape index (κ2) is 14.1. The van der Waals surface area contributed by atoms with Crippen LogP contribution < -0.4 is 20.9 Å². The highest BCUT2D eigenvalue weighted by Crippen LogP contribution is 2.35. The molecule has 1 saturated heterocycles. The Kier molecular flexibility index (Phi) is 10.3. The number of urea groups is 2. The molecule has 1 fully saturated rings. The number of hydrogen-bond donors (Lipinski definition) is 3. The second-order valence-electron chi connectivity index (χ2n) is 10.3. The van der Waals surface area contributed by atoms with Crippen molar-refractivity contribution in [3.05, 3.63) is 76.0 Å². The quantitative estimate of drug-likeness (QED) is 0.297. The number of halogens is 2. The highest BCUT2D eigenvalue weighted by Gasteiger charge is 2.43. The van der Waals surface area contributed by atoms with E-state index in [1.165, 1.54) is 13.2 Å². The number of nitriles is 1. The average molecular weight is 597 g/mol. The standard InChI is InChI=1S/C30H34F2N6O5/c1-18-4-7-25(20(14-18)16-33)37-12-8-21(9-13-37)34-10-11-35-29(40)38-27(19-5-6-22(31)23(32)15-19)26(28(39)43-3)24(17-42-2)36-30(38)41/h4-7,14-15,21,27,34H,8-13,17H2,1-3H3,(H,35,40)(H,36,41)/t27-/m0/s1. The number of imide groups is 1. The van der Waals surface area contributed by atoms with E-state index in [1.807, 2.05) is 25.1 Å². The summed E-state index contributed by atoms with van der Waals surface area (Å²) in [5.41, 5.74) is 2.49. The summed E-state index contributed by atoms with van der Waals surface area (Å²) in [6.07, 6.45) is 1.66. The number of ether oxygens (including phenoxy) is 2. The van der Waals surface area contributed by atoms with Crippen molar-refractivity contribution in [2.24, 2.45) is 0 Å². The van der Waals surface area contributed by atoms with Gasteiger partial charge in [-0.05, 0) is 55.2 Å². The van der Waals surface area contributed by atoms with Gasteiger partial charge in [-0.15, -0.1) is 0 Å². The molecular weight excluding hydrogens is 562 g/mol. The zero-order valence-electron chi connectivity index (χ0n) is 24.2. The zero-order chi connectivity index (χ0) is 31.1. The number of nitrogens with one attached hydrogen (secondary N) is 3. The van der Waals surface area contributed by atoms with Crippen LogP contribution in [0.5, 0.6) is 0 Å². The maximum Gasteiger partial charge on any atom is 0.338 e. The predicted molar refractivity (Wildman–Crippen MR) is 153 cm³/mol. The van der Waals surface area contributed by atoms with E-state index in [1.54, 1.807) is 0 Å². The van der Waals surface area contributed by atoms with Crippen molar-refractivity contribution < 1.29 is 32.6 Å². The molecule has 2 aliphatic heterocycles. The largest absolute Gasteiger partial charge is 0.466 e. The van der Waals surface area contributed by atoms with Crippen LogP contribution in [0, 0.1) is 29.9 Å². The van der Waals surface area contributed by atoms with Gasteiger partial charge in [0.1, 0.15) is 12.1 Å². The minimum Gasteiger partial charge on any atom is -0.466 e. The molecule has 0 bridgehead atoms. The fraction of sp³-hybridized carbons (Fsp3) is 0.400. The maximum atomic E-state index is 14.2. The molecule has 3 N–H and O–H groups in total. The SMILES string of the molecule is COCC1=C(C(=O)OC)[C@H](c2ccc(F)c(F)c2)N(C(=O)NCCNC2CCN(c3ccc(C)cc3C#N)CC2)C(=O)N1. The number of esters is 1. The number of carbonyl (C=O) groups excluding carboxylic acids is 3. The summed E-state index contributed by atoms with van der Waals surface area (Å²) in [6, 6.07) is 8.05. The molecule has 2 aliphatic rings. The molecule has 0 unspecified atom stereocenters. The van der Waals surface area contributed by atoms with Crippen LogP contribution in [0.3, 0.4) is 0 Å². The summed E-state index contributed by atoms with van der Waals surface area (Å²) in [5, 5.41) is 18.1. The fourth-order valence-corrected chi connectivity index (χ4v) is 5.35. The van der Waals surface area contributed by atoms with Crippen molar-refractivity contribution in [3.8, 4) is 6.07 Å². The first kappa shape index (κ1) is 31.4. The van der Waals surface area contributed by atoms with Crippen molar-refractivity contribution in [2.45, 2.75) is 31.8 Å². The highest BCUT2D eigenvalue weighted by molar-refractivity contribution is 6.01. The van der Waals surface area contributed by atoms with Gasteiger partial charge in [0.25, 0.3) is 0 Å². The van der Waals surface area contributed by atoms with Crippen LogP contribution >= 0.6 is 0 Å². The van der Waals surface area contributed by atoms with Crippen LogP contribution in [0.25, 0.3) is 0 Å². The van der Waals surface area contributed by atoms with Gasteiger partial charge in [0, 0.05) is 39.3 Å². The zero-order valence-corrected chi connectivity index (χ0v) is 24.2. The number of piperidine rings is 1. The highest BCUT2D eigenvalue weighted by atomic mass is 19.2. The van der Waals surface area contributed by atoms with E-state index in [2.05, 4.69) is 26.9 Å². The lowest BCUT2D eigenvalue weighted by molar-refractivity contribution is -0.137.